The van der Waals surface area contributed by atoms with Crippen molar-refractivity contribution in [2.24, 2.45) is 0 Å². The van der Waals surface area contributed by atoms with Crippen LogP contribution >= 0.6 is 15.9 Å². The van der Waals surface area contributed by atoms with Gasteiger partial charge in [0.1, 0.15) is 27.8 Å². The zero-order valence-corrected chi connectivity index (χ0v) is 12.1. The number of aryl methyl sites for hydroxylation is 1. The van der Waals surface area contributed by atoms with E-state index in [4.69, 9.17) is 0 Å². The molecule has 0 atom stereocenters. The first kappa shape index (κ1) is 14.8. The first-order valence-corrected chi connectivity index (χ1v) is 6.74. The van der Waals surface area contributed by atoms with Crippen LogP contribution in [0, 0.1) is 17.5 Å². The lowest BCUT2D eigenvalue weighted by Crippen LogP contribution is -2.04. The Bertz CT molecular complexity index is 611. The highest BCUT2D eigenvalue weighted by molar-refractivity contribution is 9.10. The van der Waals surface area contributed by atoms with Crippen molar-refractivity contribution < 1.29 is 13.2 Å². The van der Waals surface area contributed by atoms with Gasteiger partial charge >= 0.3 is 0 Å². The maximum Gasteiger partial charge on any atom is 0.152 e. The number of nitrogens with one attached hydrogen (secondary N) is 1. The molecule has 0 bridgehead atoms. The number of hydrogen-bond donors (Lipinski definition) is 1. The maximum absolute atomic E-state index is 13.5. The summed E-state index contributed by atoms with van der Waals surface area (Å²) in [5.41, 5.74) is -0.445. The van der Waals surface area contributed by atoms with Gasteiger partial charge in [-0.05, 0) is 22.4 Å². The number of anilines is 2. The molecule has 0 saturated carbocycles. The molecule has 1 aromatic carbocycles. The number of benzene rings is 1. The Kier molecular flexibility index (Phi) is 4.59. The lowest BCUT2D eigenvalue weighted by Gasteiger charge is -2.09. The maximum atomic E-state index is 13.5. The second kappa shape index (κ2) is 6.21. The zero-order chi connectivity index (χ0) is 14.7. The molecule has 1 N–H and O–H groups in total. The zero-order valence-electron chi connectivity index (χ0n) is 10.6. The predicted molar refractivity (Wildman–Crippen MR) is 73.3 cm³/mol. The standard InChI is InChI=1S/C13H11BrF3N3/c1-2-3-11-18-10(14)6-12(19-11)20-13-8(16)4-7(15)5-9(13)17/h4-6H,2-3H2,1H3,(H,18,19,20). The summed E-state index contributed by atoms with van der Waals surface area (Å²) in [4.78, 5) is 8.29. The largest absolute Gasteiger partial charge is 0.335 e. The summed E-state index contributed by atoms with van der Waals surface area (Å²) in [6.45, 7) is 1.97. The lowest BCUT2D eigenvalue weighted by atomic mass is 10.2. The van der Waals surface area contributed by atoms with Gasteiger partial charge in [-0.15, -0.1) is 0 Å². The molecule has 0 amide bonds. The summed E-state index contributed by atoms with van der Waals surface area (Å²) >= 11 is 3.21. The van der Waals surface area contributed by atoms with Crippen LogP contribution in [0.4, 0.5) is 24.7 Å². The van der Waals surface area contributed by atoms with Crippen LogP contribution in [0.5, 0.6) is 0 Å². The highest BCUT2D eigenvalue weighted by Gasteiger charge is 2.13. The fourth-order valence-electron chi connectivity index (χ4n) is 1.65. The number of rotatable bonds is 4. The van der Waals surface area contributed by atoms with E-state index in [9.17, 15) is 13.2 Å². The molecule has 0 radical (unpaired) electrons. The van der Waals surface area contributed by atoms with Gasteiger partial charge in [-0.25, -0.2) is 23.1 Å². The second-order valence-corrected chi connectivity index (χ2v) is 4.92. The molecule has 0 spiro atoms. The molecule has 2 aromatic rings. The number of hydrogen-bond acceptors (Lipinski definition) is 3. The van der Waals surface area contributed by atoms with Crippen molar-refractivity contribution in [3.63, 3.8) is 0 Å². The van der Waals surface area contributed by atoms with Gasteiger partial charge in [-0.1, -0.05) is 6.92 Å². The molecule has 20 heavy (non-hydrogen) atoms. The van der Waals surface area contributed by atoms with Crippen LogP contribution in [0.3, 0.4) is 0 Å². The molecule has 0 saturated heterocycles. The number of aromatic nitrogens is 2. The Morgan fingerprint density at radius 3 is 2.35 bits per heavy atom. The van der Waals surface area contributed by atoms with Crippen molar-refractivity contribution >= 4 is 27.4 Å². The Morgan fingerprint density at radius 2 is 1.75 bits per heavy atom. The van der Waals surface area contributed by atoms with Gasteiger partial charge in [-0.2, -0.15) is 0 Å². The Hall–Kier alpha value is -1.63. The van der Waals surface area contributed by atoms with Gasteiger partial charge in [-0.3, -0.25) is 0 Å². The van der Waals surface area contributed by atoms with Crippen LogP contribution in [0.15, 0.2) is 22.8 Å². The second-order valence-electron chi connectivity index (χ2n) is 4.11. The summed E-state index contributed by atoms with van der Waals surface area (Å²) in [5, 5.41) is 2.51. The minimum atomic E-state index is -1.02. The van der Waals surface area contributed by atoms with E-state index in [0.29, 0.717) is 29.0 Å². The van der Waals surface area contributed by atoms with Gasteiger partial charge in [0.25, 0.3) is 0 Å². The average molecular weight is 346 g/mol. The molecule has 1 heterocycles. The summed E-state index contributed by atoms with van der Waals surface area (Å²) in [7, 11) is 0. The first-order valence-electron chi connectivity index (χ1n) is 5.94. The Morgan fingerprint density at radius 1 is 1.10 bits per heavy atom. The minimum Gasteiger partial charge on any atom is -0.335 e. The third kappa shape index (κ3) is 3.47. The Labute approximate surface area is 122 Å². The van der Waals surface area contributed by atoms with E-state index in [1.807, 2.05) is 6.92 Å². The van der Waals surface area contributed by atoms with E-state index in [1.54, 1.807) is 0 Å². The van der Waals surface area contributed by atoms with Crippen molar-refractivity contribution in [3.8, 4) is 0 Å². The van der Waals surface area contributed by atoms with E-state index < -0.39 is 23.1 Å². The molecule has 0 unspecified atom stereocenters. The highest BCUT2D eigenvalue weighted by Crippen LogP contribution is 2.24. The SMILES string of the molecule is CCCc1nc(Br)cc(Nc2c(F)cc(F)cc2F)n1. The normalized spacial score (nSPS) is 10.7. The van der Waals surface area contributed by atoms with Crippen molar-refractivity contribution in [1.29, 1.82) is 0 Å². The molecule has 106 valence electrons. The topological polar surface area (TPSA) is 37.8 Å². The van der Waals surface area contributed by atoms with Crippen LogP contribution in [-0.2, 0) is 6.42 Å². The molecule has 0 aliphatic rings. The summed E-state index contributed by atoms with van der Waals surface area (Å²) in [6, 6.07) is 2.70. The fourth-order valence-corrected chi connectivity index (χ4v) is 2.08. The molecule has 0 fully saturated rings. The highest BCUT2D eigenvalue weighted by atomic mass is 79.9. The number of halogens is 4. The van der Waals surface area contributed by atoms with Crippen LogP contribution < -0.4 is 5.32 Å². The van der Waals surface area contributed by atoms with Crippen molar-refractivity contribution in [3.05, 3.63) is 46.1 Å². The van der Waals surface area contributed by atoms with Gasteiger partial charge < -0.3 is 5.32 Å². The van der Waals surface area contributed by atoms with Gasteiger partial charge in [0.2, 0.25) is 0 Å². The van der Waals surface area contributed by atoms with E-state index in [0.717, 1.165) is 6.42 Å². The lowest BCUT2D eigenvalue weighted by molar-refractivity contribution is 0.548. The van der Waals surface area contributed by atoms with Crippen molar-refractivity contribution in [2.75, 3.05) is 5.32 Å². The first-order chi connectivity index (χ1) is 9.49. The smallest absolute Gasteiger partial charge is 0.152 e. The van der Waals surface area contributed by atoms with Crippen LogP contribution in [0.25, 0.3) is 0 Å². The third-order valence-corrected chi connectivity index (χ3v) is 2.88. The molecular formula is C13H11BrF3N3. The predicted octanol–water partition coefficient (Wildman–Crippen LogP) is 4.35. The van der Waals surface area contributed by atoms with Gasteiger partial charge in [0.05, 0.1) is 0 Å². The monoisotopic (exact) mass is 345 g/mol. The molecule has 0 aliphatic heterocycles. The van der Waals surface area contributed by atoms with Gasteiger partial charge in [0, 0.05) is 24.6 Å². The van der Waals surface area contributed by atoms with Crippen LogP contribution in [0.1, 0.15) is 19.2 Å². The summed E-state index contributed by atoms with van der Waals surface area (Å²) in [6.07, 6.45) is 1.48. The van der Waals surface area contributed by atoms with Crippen molar-refractivity contribution in [2.45, 2.75) is 19.8 Å². The van der Waals surface area contributed by atoms with E-state index in [-0.39, 0.29) is 5.82 Å². The molecule has 1 aromatic heterocycles. The van der Waals surface area contributed by atoms with Crippen molar-refractivity contribution in [1.82, 2.24) is 9.97 Å². The van der Waals surface area contributed by atoms with Crippen LogP contribution in [-0.4, -0.2) is 9.97 Å². The molecule has 3 nitrogen and oxygen atoms in total. The summed E-state index contributed by atoms with van der Waals surface area (Å²) < 4.78 is 40.4. The van der Waals surface area contributed by atoms with Gasteiger partial charge in [0.15, 0.2) is 11.6 Å². The fraction of sp³-hybridized carbons (Fsp3) is 0.231. The van der Waals surface area contributed by atoms with Crippen LogP contribution in [0.2, 0.25) is 0 Å². The summed E-state index contributed by atoms with van der Waals surface area (Å²) in [5.74, 6) is -2.23. The van der Waals surface area contributed by atoms with E-state index in [2.05, 4.69) is 31.2 Å². The molecule has 7 heteroatoms. The Balaban J connectivity index is 2.35. The molecule has 0 aliphatic carbocycles. The third-order valence-electron chi connectivity index (χ3n) is 2.47. The molecule has 2 rings (SSSR count). The molecular weight excluding hydrogens is 335 g/mol. The van der Waals surface area contributed by atoms with E-state index >= 15 is 0 Å². The van der Waals surface area contributed by atoms with E-state index in [1.165, 1.54) is 6.07 Å². The average Bonchev–Trinajstić information content (AvgIpc) is 2.33. The minimum absolute atomic E-state index is 0.236. The number of nitrogens with zero attached hydrogens (tertiary/aromatic N) is 2. The quantitative estimate of drug-likeness (QED) is 0.837.